The fourth-order valence-electron chi connectivity index (χ4n) is 3.67. The number of anilines is 2. The van der Waals surface area contributed by atoms with Gasteiger partial charge >= 0.3 is 12.3 Å². The summed E-state index contributed by atoms with van der Waals surface area (Å²) in [5, 5.41) is 1.64. The fraction of sp³-hybridized carbons (Fsp3) is 0.435. The number of benzene rings is 2. The van der Waals surface area contributed by atoms with Gasteiger partial charge in [0.05, 0.1) is 33.9 Å². The number of rotatable bonds is 7. The Morgan fingerprint density at radius 1 is 1.07 bits per heavy atom. The molecule has 0 fully saturated rings. The molecule has 17 heteroatoms. The van der Waals surface area contributed by atoms with Crippen LogP contribution >= 0.6 is 11.6 Å². The minimum Gasteiger partial charge on any atom is -0.484 e. The van der Waals surface area contributed by atoms with Gasteiger partial charge in [-0.25, -0.2) is 30.7 Å². The standard InChI is InChI=1S/C23H26ClF4N3O7S2/c1-21(2,30-39(5,33)34)19-12-31(40(35,36)14-7-8-16(25)15(24)11-14)17-10-13(6-9-18(17)37-19)29-20(32)38-22(3,4)23(26,27)28/h6-11,19,30H,12H2,1-5H3,(H,29,32)/t19-/m1/s1. The van der Waals surface area contributed by atoms with Gasteiger partial charge in [0, 0.05) is 5.69 Å². The molecule has 1 aliphatic rings. The zero-order chi connectivity index (χ0) is 30.5. The van der Waals surface area contributed by atoms with Crippen LogP contribution in [0.2, 0.25) is 5.02 Å². The highest BCUT2D eigenvalue weighted by Gasteiger charge is 2.51. The van der Waals surface area contributed by atoms with Crippen LogP contribution in [0.15, 0.2) is 41.3 Å². The molecule has 0 bridgehead atoms. The summed E-state index contributed by atoms with van der Waals surface area (Å²) in [6.45, 7) is 3.79. The van der Waals surface area contributed by atoms with Gasteiger partial charge in [-0.05, 0) is 64.1 Å². The summed E-state index contributed by atoms with van der Waals surface area (Å²) in [5.74, 6) is -0.933. The lowest BCUT2D eigenvalue weighted by Gasteiger charge is -2.42. The Bertz CT molecular complexity index is 1530. The van der Waals surface area contributed by atoms with Crippen molar-refractivity contribution in [3.05, 3.63) is 47.2 Å². The van der Waals surface area contributed by atoms with Crippen molar-refractivity contribution in [3.8, 4) is 5.75 Å². The normalized spacial score (nSPS) is 16.6. The second-order valence-corrected chi connectivity index (χ2v) is 14.0. The second kappa shape index (κ2) is 10.5. The first-order chi connectivity index (χ1) is 18.0. The molecule has 10 nitrogen and oxygen atoms in total. The first kappa shape index (κ1) is 31.7. The summed E-state index contributed by atoms with van der Waals surface area (Å²) in [7, 11) is -8.28. The van der Waals surface area contributed by atoms with Gasteiger partial charge in [0.2, 0.25) is 15.6 Å². The summed E-state index contributed by atoms with van der Waals surface area (Å²) < 4.78 is 118. The van der Waals surface area contributed by atoms with Crippen molar-refractivity contribution in [2.24, 2.45) is 0 Å². The molecule has 1 amide bonds. The molecule has 1 atom stereocenters. The number of nitrogens with one attached hydrogen (secondary N) is 2. The van der Waals surface area contributed by atoms with E-state index in [0.29, 0.717) is 13.8 Å². The van der Waals surface area contributed by atoms with Gasteiger partial charge in [-0.1, -0.05) is 11.6 Å². The number of halogens is 5. The van der Waals surface area contributed by atoms with Crippen molar-refractivity contribution < 1.29 is 48.7 Å². The van der Waals surface area contributed by atoms with Crippen LogP contribution in [0.5, 0.6) is 5.75 Å². The van der Waals surface area contributed by atoms with E-state index < -0.39 is 71.8 Å². The van der Waals surface area contributed by atoms with E-state index in [1.807, 2.05) is 0 Å². The van der Waals surface area contributed by atoms with E-state index in [9.17, 15) is 39.2 Å². The predicted octanol–water partition coefficient (Wildman–Crippen LogP) is 4.65. The number of fused-ring (bicyclic) bond motifs is 1. The van der Waals surface area contributed by atoms with Crippen LogP contribution in [0.1, 0.15) is 27.7 Å². The van der Waals surface area contributed by atoms with Crippen molar-refractivity contribution in [1.82, 2.24) is 4.72 Å². The first-order valence-electron chi connectivity index (χ1n) is 11.4. The first-order valence-corrected chi connectivity index (χ1v) is 15.1. The second-order valence-electron chi connectivity index (χ2n) is 10.0. The number of hydrogen-bond donors (Lipinski definition) is 2. The molecule has 0 unspecified atom stereocenters. The van der Waals surface area contributed by atoms with Gasteiger partial charge < -0.3 is 9.47 Å². The van der Waals surface area contributed by atoms with E-state index in [1.54, 1.807) is 0 Å². The van der Waals surface area contributed by atoms with Crippen LogP contribution in [0.3, 0.4) is 0 Å². The molecular weight excluding hydrogens is 606 g/mol. The molecule has 1 aliphatic heterocycles. The molecule has 2 aromatic carbocycles. The van der Waals surface area contributed by atoms with E-state index in [4.69, 9.17) is 16.3 Å². The van der Waals surface area contributed by atoms with Crippen LogP contribution in [0.4, 0.5) is 33.7 Å². The Labute approximate surface area is 233 Å². The van der Waals surface area contributed by atoms with Crippen LogP contribution in [0.25, 0.3) is 0 Å². The van der Waals surface area contributed by atoms with Crippen molar-refractivity contribution in [3.63, 3.8) is 0 Å². The molecule has 0 spiro atoms. The highest BCUT2D eigenvalue weighted by molar-refractivity contribution is 7.92. The van der Waals surface area contributed by atoms with Crippen molar-refractivity contribution in [1.29, 1.82) is 0 Å². The number of carbonyl (C=O) groups is 1. The van der Waals surface area contributed by atoms with Gasteiger partial charge in [0.1, 0.15) is 17.7 Å². The maximum absolute atomic E-state index is 13.8. The predicted molar refractivity (Wildman–Crippen MR) is 139 cm³/mol. The third kappa shape index (κ3) is 6.90. The molecular formula is C23H26ClF4N3O7S2. The quantitative estimate of drug-likeness (QED) is 0.425. The molecule has 0 aromatic heterocycles. The topological polar surface area (TPSA) is 131 Å². The Hall–Kier alpha value is -2.82. The Balaban J connectivity index is 2.06. The summed E-state index contributed by atoms with van der Waals surface area (Å²) in [6, 6.07) is 6.28. The summed E-state index contributed by atoms with van der Waals surface area (Å²) in [6.07, 6.45) is -6.51. The van der Waals surface area contributed by atoms with Crippen LogP contribution < -0.4 is 19.1 Å². The lowest BCUT2D eigenvalue weighted by atomic mass is 9.97. The zero-order valence-corrected chi connectivity index (χ0v) is 24.1. The molecule has 0 saturated carbocycles. The minimum absolute atomic E-state index is 0.0639. The van der Waals surface area contributed by atoms with E-state index in [2.05, 4.69) is 14.8 Å². The SMILES string of the molecule is CC(C)(NS(C)(=O)=O)[C@H]1CN(S(=O)(=O)c2ccc(F)c(Cl)c2)c2cc(NC(=O)OC(C)(C)C(F)(F)F)ccc2O1. The molecule has 3 rings (SSSR count). The minimum atomic E-state index is -4.86. The number of sulfonamides is 2. The van der Waals surface area contributed by atoms with Gasteiger partial charge in [-0.2, -0.15) is 13.2 Å². The lowest BCUT2D eigenvalue weighted by molar-refractivity contribution is -0.242. The van der Waals surface area contributed by atoms with Gasteiger partial charge in [-0.15, -0.1) is 0 Å². The molecule has 40 heavy (non-hydrogen) atoms. The summed E-state index contributed by atoms with van der Waals surface area (Å²) in [5.41, 5.74) is -4.46. The number of carbonyl (C=O) groups excluding carboxylic acids is 1. The van der Waals surface area contributed by atoms with E-state index in [-0.39, 0.29) is 17.1 Å². The highest BCUT2D eigenvalue weighted by atomic mass is 35.5. The van der Waals surface area contributed by atoms with Gasteiger partial charge in [0.25, 0.3) is 10.0 Å². The molecule has 0 radical (unpaired) electrons. The number of nitrogens with zero attached hydrogens (tertiary/aromatic N) is 1. The highest BCUT2D eigenvalue weighted by Crippen LogP contribution is 2.41. The largest absolute Gasteiger partial charge is 0.484 e. The van der Waals surface area contributed by atoms with Gasteiger partial charge in [-0.3, -0.25) is 9.62 Å². The average Bonchev–Trinajstić information content (AvgIpc) is 2.77. The van der Waals surface area contributed by atoms with Crippen molar-refractivity contribution in [2.45, 2.75) is 56.0 Å². The molecule has 1 heterocycles. The maximum Gasteiger partial charge on any atom is 0.427 e. The van der Waals surface area contributed by atoms with E-state index >= 15 is 0 Å². The average molecular weight is 632 g/mol. The number of ether oxygens (including phenoxy) is 2. The summed E-state index contributed by atoms with van der Waals surface area (Å²) in [4.78, 5) is 11.8. The Kier molecular flexibility index (Phi) is 8.35. The molecule has 2 N–H and O–H groups in total. The lowest BCUT2D eigenvalue weighted by Crippen LogP contribution is -2.60. The molecule has 0 aliphatic carbocycles. The number of amides is 1. The third-order valence-corrected chi connectivity index (χ3v) is 8.80. The maximum atomic E-state index is 13.8. The summed E-state index contributed by atoms with van der Waals surface area (Å²) >= 11 is 5.80. The van der Waals surface area contributed by atoms with E-state index in [1.165, 1.54) is 26.0 Å². The van der Waals surface area contributed by atoms with Crippen LogP contribution in [-0.2, 0) is 24.8 Å². The smallest absolute Gasteiger partial charge is 0.427 e. The van der Waals surface area contributed by atoms with Crippen molar-refractivity contribution >= 4 is 49.1 Å². The van der Waals surface area contributed by atoms with Crippen molar-refractivity contribution in [2.75, 3.05) is 22.4 Å². The zero-order valence-electron chi connectivity index (χ0n) is 21.8. The monoisotopic (exact) mass is 631 g/mol. The molecule has 222 valence electrons. The Morgan fingerprint density at radius 3 is 2.25 bits per heavy atom. The van der Waals surface area contributed by atoms with Gasteiger partial charge in [0.15, 0.2) is 0 Å². The van der Waals surface area contributed by atoms with Crippen LogP contribution in [-0.4, -0.2) is 59.1 Å². The molecule has 0 saturated heterocycles. The number of hydrogen-bond acceptors (Lipinski definition) is 7. The van der Waals surface area contributed by atoms with E-state index in [0.717, 1.165) is 34.8 Å². The fourth-order valence-corrected chi connectivity index (χ4v) is 6.50. The molecule has 2 aromatic rings. The third-order valence-electron chi connectivity index (χ3n) is 5.84. The van der Waals surface area contributed by atoms with Crippen LogP contribution in [0, 0.1) is 5.82 Å². The Morgan fingerprint density at radius 2 is 1.70 bits per heavy atom. The number of alkyl halides is 3.